The predicted octanol–water partition coefficient (Wildman–Crippen LogP) is 6.78. The molecule has 0 saturated heterocycles. The second kappa shape index (κ2) is 8.56. The molecule has 2 aromatic carbocycles. The van der Waals surface area contributed by atoms with Crippen molar-refractivity contribution in [3.05, 3.63) is 52.1 Å². The van der Waals surface area contributed by atoms with Gasteiger partial charge in [-0.1, -0.05) is 42.5 Å². The summed E-state index contributed by atoms with van der Waals surface area (Å²) in [5.74, 6) is 0.717. The molecule has 7 heteroatoms. The van der Waals surface area contributed by atoms with Crippen LogP contribution >= 0.6 is 23.2 Å². The number of nitrogens with one attached hydrogen (secondary N) is 1. The van der Waals surface area contributed by atoms with E-state index in [2.05, 4.69) is 11.2 Å². The van der Waals surface area contributed by atoms with Crippen LogP contribution in [0, 0.1) is 0 Å². The van der Waals surface area contributed by atoms with Crippen molar-refractivity contribution in [2.75, 3.05) is 6.61 Å². The van der Waals surface area contributed by atoms with Crippen molar-refractivity contribution in [3.8, 4) is 17.2 Å². The third-order valence-electron chi connectivity index (χ3n) is 5.28. The Balaban J connectivity index is 1.60. The number of benzene rings is 2. The maximum absolute atomic E-state index is 10.7. The largest absolute Gasteiger partial charge is 0.482 e. The number of aromatic amines is 1. The lowest BCUT2D eigenvalue weighted by Gasteiger charge is -2.21. The van der Waals surface area contributed by atoms with Gasteiger partial charge in [-0.25, -0.2) is 4.79 Å². The molecule has 0 unspecified atom stereocenters. The summed E-state index contributed by atoms with van der Waals surface area (Å²) in [6.07, 6.45) is 8.40. The van der Waals surface area contributed by atoms with Gasteiger partial charge in [0.1, 0.15) is 11.5 Å². The van der Waals surface area contributed by atoms with Gasteiger partial charge in [0, 0.05) is 29.2 Å². The van der Waals surface area contributed by atoms with Crippen molar-refractivity contribution in [1.82, 2.24) is 4.98 Å². The number of fused-ring (bicyclic) bond motifs is 1. The minimum Gasteiger partial charge on any atom is -0.482 e. The van der Waals surface area contributed by atoms with E-state index in [1.165, 1.54) is 49.8 Å². The van der Waals surface area contributed by atoms with Crippen LogP contribution in [0.4, 0.5) is 0 Å². The van der Waals surface area contributed by atoms with E-state index in [0.29, 0.717) is 17.4 Å². The van der Waals surface area contributed by atoms with Gasteiger partial charge in [-0.05, 0) is 42.5 Å². The van der Waals surface area contributed by atoms with Gasteiger partial charge < -0.3 is 19.6 Å². The van der Waals surface area contributed by atoms with Crippen LogP contribution in [0.15, 0.2) is 36.5 Å². The van der Waals surface area contributed by atoms with Gasteiger partial charge in [0.05, 0.1) is 10.0 Å². The van der Waals surface area contributed by atoms with Gasteiger partial charge >= 0.3 is 5.97 Å². The molecule has 4 rings (SSSR count). The van der Waals surface area contributed by atoms with E-state index in [1.54, 1.807) is 0 Å². The van der Waals surface area contributed by atoms with Crippen molar-refractivity contribution in [2.45, 2.75) is 38.0 Å². The number of rotatable bonds is 6. The van der Waals surface area contributed by atoms with Crippen LogP contribution in [-0.4, -0.2) is 22.7 Å². The minimum absolute atomic E-state index is 0.250. The van der Waals surface area contributed by atoms with Crippen molar-refractivity contribution in [3.63, 3.8) is 0 Å². The number of H-pyrrole nitrogens is 1. The van der Waals surface area contributed by atoms with Gasteiger partial charge in [0.2, 0.25) is 0 Å². The first-order valence-electron chi connectivity index (χ1n) is 9.64. The summed E-state index contributed by atoms with van der Waals surface area (Å²) < 4.78 is 11.1. The summed E-state index contributed by atoms with van der Waals surface area (Å²) in [4.78, 5) is 14.0. The summed E-state index contributed by atoms with van der Waals surface area (Å²) >= 11 is 12.6. The smallest absolute Gasteiger partial charge is 0.341 e. The highest BCUT2D eigenvalue weighted by Crippen LogP contribution is 2.41. The summed E-state index contributed by atoms with van der Waals surface area (Å²) in [6, 6.07) is 8.85. The van der Waals surface area contributed by atoms with E-state index in [0.717, 1.165) is 10.9 Å². The number of aliphatic carboxylic acids is 1. The highest BCUT2D eigenvalue weighted by atomic mass is 35.5. The van der Waals surface area contributed by atoms with Crippen LogP contribution in [0.5, 0.6) is 17.2 Å². The molecule has 0 aliphatic heterocycles. The van der Waals surface area contributed by atoms with Crippen LogP contribution in [0.25, 0.3) is 10.9 Å². The SMILES string of the molecule is O=C(O)COc1cc(Cl)c(Oc2ccc3[nH]cc(C4CCCCC4)c3c2)c(Cl)c1. The van der Waals surface area contributed by atoms with E-state index in [1.807, 2.05) is 18.2 Å². The molecular weight excluding hydrogens is 413 g/mol. The number of carboxylic acid groups (broad SMARTS) is 1. The zero-order valence-corrected chi connectivity index (χ0v) is 17.2. The Hall–Kier alpha value is -2.37. The molecule has 0 atom stereocenters. The van der Waals surface area contributed by atoms with Gasteiger partial charge in [-0.2, -0.15) is 0 Å². The van der Waals surface area contributed by atoms with Gasteiger partial charge in [-0.15, -0.1) is 0 Å². The van der Waals surface area contributed by atoms with E-state index in [4.69, 9.17) is 37.8 Å². The number of carboxylic acids is 1. The Labute approximate surface area is 178 Å². The third-order valence-corrected chi connectivity index (χ3v) is 5.85. The molecule has 1 heterocycles. The maximum atomic E-state index is 10.7. The number of carbonyl (C=O) groups is 1. The Bertz CT molecular complexity index is 1020. The molecule has 1 aromatic heterocycles. The summed E-state index contributed by atoms with van der Waals surface area (Å²) in [6.45, 7) is -0.471. The Morgan fingerprint density at radius 3 is 2.48 bits per heavy atom. The summed E-state index contributed by atoms with van der Waals surface area (Å²) in [5.41, 5.74) is 2.41. The molecule has 5 nitrogen and oxygen atoms in total. The number of hydrogen-bond donors (Lipinski definition) is 2. The number of ether oxygens (including phenoxy) is 2. The first-order chi connectivity index (χ1) is 14.0. The fourth-order valence-electron chi connectivity index (χ4n) is 3.92. The van der Waals surface area contributed by atoms with Gasteiger partial charge in [0.15, 0.2) is 12.4 Å². The number of halogens is 2. The number of hydrogen-bond acceptors (Lipinski definition) is 3. The fourth-order valence-corrected chi connectivity index (χ4v) is 4.46. The molecule has 3 aromatic rings. The molecule has 0 amide bonds. The normalized spacial score (nSPS) is 14.8. The second-order valence-corrected chi connectivity index (χ2v) is 8.10. The van der Waals surface area contributed by atoms with Crippen LogP contribution in [0.2, 0.25) is 10.0 Å². The Morgan fingerprint density at radius 2 is 1.79 bits per heavy atom. The fraction of sp³-hybridized carbons (Fsp3) is 0.318. The lowest BCUT2D eigenvalue weighted by Crippen LogP contribution is -2.09. The predicted molar refractivity (Wildman–Crippen MR) is 114 cm³/mol. The first-order valence-corrected chi connectivity index (χ1v) is 10.4. The molecule has 1 fully saturated rings. The van der Waals surface area contributed by atoms with Gasteiger partial charge in [0.25, 0.3) is 0 Å². The monoisotopic (exact) mass is 433 g/mol. The average Bonchev–Trinajstić information content (AvgIpc) is 3.13. The molecule has 0 bridgehead atoms. The number of aromatic nitrogens is 1. The molecular formula is C22H21Cl2NO4. The Kier molecular flexibility index (Phi) is 5.88. The van der Waals surface area contributed by atoms with E-state index in [-0.39, 0.29) is 15.8 Å². The molecule has 152 valence electrons. The van der Waals surface area contributed by atoms with Crippen molar-refractivity contribution >= 4 is 40.1 Å². The van der Waals surface area contributed by atoms with Crippen LogP contribution in [-0.2, 0) is 4.79 Å². The van der Waals surface area contributed by atoms with Crippen molar-refractivity contribution in [2.24, 2.45) is 0 Å². The molecule has 1 aliphatic carbocycles. The van der Waals surface area contributed by atoms with E-state index >= 15 is 0 Å². The molecule has 1 aliphatic rings. The second-order valence-electron chi connectivity index (χ2n) is 7.29. The molecule has 29 heavy (non-hydrogen) atoms. The van der Waals surface area contributed by atoms with Crippen LogP contribution < -0.4 is 9.47 Å². The highest BCUT2D eigenvalue weighted by molar-refractivity contribution is 6.37. The highest BCUT2D eigenvalue weighted by Gasteiger charge is 2.19. The standard InChI is InChI=1S/C22H21Cl2NO4/c23-18-9-15(28-12-21(26)27)10-19(24)22(18)29-14-6-7-20-16(8-14)17(11-25-20)13-4-2-1-3-5-13/h6-11,13,25H,1-5,12H2,(H,26,27). The summed E-state index contributed by atoms with van der Waals surface area (Å²) in [5, 5.41) is 10.4. The zero-order chi connectivity index (χ0) is 20.4. The average molecular weight is 434 g/mol. The third kappa shape index (κ3) is 4.46. The van der Waals surface area contributed by atoms with E-state index in [9.17, 15) is 4.79 Å². The Morgan fingerprint density at radius 1 is 1.07 bits per heavy atom. The molecule has 2 N–H and O–H groups in total. The van der Waals surface area contributed by atoms with E-state index < -0.39 is 12.6 Å². The minimum atomic E-state index is -1.08. The van der Waals surface area contributed by atoms with Crippen LogP contribution in [0.3, 0.4) is 0 Å². The lowest BCUT2D eigenvalue weighted by molar-refractivity contribution is -0.139. The lowest BCUT2D eigenvalue weighted by atomic mass is 9.84. The molecule has 1 saturated carbocycles. The quantitative estimate of drug-likeness (QED) is 0.449. The van der Waals surface area contributed by atoms with Gasteiger partial charge in [-0.3, -0.25) is 0 Å². The topological polar surface area (TPSA) is 71.6 Å². The molecule has 0 spiro atoms. The zero-order valence-electron chi connectivity index (χ0n) is 15.7. The maximum Gasteiger partial charge on any atom is 0.341 e. The molecule has 0 radical (unpaired) electrons. The van der Waals surface area contributed by atoms with Crippen LogP contribution in [0.1, 0.15) is 43.6 Å². The first kappa shape index (κ1) is 19.9. The van der Waals surface area contributed by atoms with Crippen molar-refractivity contribution < 1.29 is 19.4 Å². The summed E-state index contributed by atoms with van der Waals surface area (Å²) in [7, 11) is 0. The van der Waals surface area contributed by atoms with Crippen molar-refractivity contribution in [1.29, 1.82) is 0 Å².